The third kappa shape index (κ3) is 3.63. The minimum atomic E-state index is -4.15. The van der Waals surface area contributed by atoms with Gasteiger partial charge in [-0.05, 0) is 36.6 Å². The van der Waals surface area contributed by atoms with Crippen molar-refractivity contribution in [3.8, 4) is 0 Å². The van der Waals surface area contributed by atoms with Gasteiger partial charge in [-0.1, -0.05) is 24.3 Å². The first kappa shape index (κ1) is 17.3. The van der Waals surface area contributed by atoms with Gasteiger partial charge in [0.25, 0.3) is 0 Å². The summed E-state index contributed by atoms with van der Waals surface area (Å²) in [5, 5.41) is 0. The van der Waals surface area contributed by atoms with Crippen molar-refractivity contribution in [2.45, 2.75) is 19.3 Å². The Balaban J connectivity index is 1.79. The molecule has 0 fully saturated rings. The van der Waals surface area contributed by atoms with E-state index >= 15 is 0 Å². The highest BCUT2D eigenvalue weighted by Gasteiger charge is 2.29. The molecule has 0 spiro atoms. The minimum absolute atomic E-state index is 0.230. The molecule has 5 nitrogen and oxygen atoms in total. The van der Waals surface area contributed by atoms with Crippen LogP contribution in [-0.2, 0) is 27.8 Å². The Labute approximate surface area is 144 Å². The maximum Gasteiger partial charge on any atom is 0.326 e. The first-order valence-electron chi connectivity index (χ1n) is 7.72. The molecule has 1 amide bonds. The minimum Gasteiger partial charge on any atom is -0.274 e. The highest BCUT2D eigenvalue weighted by atomic mass is 32.2. The Bertz CT molecular complexity index is 896. The molecule has 0 unspecified atom stereocenters. The fourth-order valence-electron chi connectivity index (χ4n) is 2.85. The van der Waals surface area contributed by atoms with Crippen LogP contribution in [0.4, 0.5) is 14.5 Å². The second-order valence-corrected chi connectivity index (χ2v) is 7.31. The molecule has 0 aliphatic carbocycles. The molecule has 0 saturated carbocycles. The molecule has 0 bridgehead atoms. The molecule has 0 saturated heterocycles. The van der Waals surface area contributed by atoms with Gasteiger partial charge in [-0.25, -0.2) is 13.5 Å². The summed E-state index contributed by atoms with van der Waals surface area (Å²) in [6, 6.07) is 10.2. The van der Waals surface area contributed by atoms with Crippen LogP contribution in [0.25, 0.3) is 0 Å². The number of benzene rings is 2. The summed E-state index contributed by atoms with van der Waals surface area (Å²) >= 11 is 0. The van der Waals surface area contributed by atoms with Crippen molar-refractivity contribution in [1.82, 2.24) is 4.72 Å². The third-order valence-electron chi connectivity index (χ3n) is 4.00. The number of carbonyl (C=O) groups is 1. The van der Waals surface area contributed by atoms with Crippen LogP contribution in [0.1, 0.15) is 17.5 Å². The summed E-state index contributed by atoms with van der Waals surface area (Å²) in [6.07, 6.45) is 0.665. The van der Waals surface area contributed by atoms with E-state index in [1.165, 1.54) is 6.07 Å². The largest absolute Gasteiger partial charge is 0.326 e. The summed E-state index contributed by atoms with van der Waals surface area (Å²) in [6.45, 7) is 0.230. The first-order chi connectivity index (χ1) is 11.9. The van der Waals surface area contributed by atoms with Gasteiger partial charge in [-0.3, -0.25) is 9.10 Å². The standard InChI is InChI=1S/C17H16F2N2O3S/c18-14-7-3-8-15(19)13(14)11-17(22)20-25(23,24)21-10-4-6-12-5-1-2-9-16(12)21/h1-3,5,7-9H,4,6,10-11H2,(H,20,22). The predicted molar refractivity (Wildman–Crippen MR) is 89.2 cm³/mol. The Morgan fingerprint density at radius 1 is 1.08 bits per heavy atom. The van der Waals surface area contributed by atoms with Gasteiger partial charge in [0, 0.05) is 12.1 Å². The summed E-state index contributed by atoms with van der Waals surface area (Å²) < 4.78 is 55.3. The molecular weight excluding hydrogens is 350 g/mol. The molecule has 0 aromatic heterocycles. The zero-order valence-electron chi connectivity index (χ0n) is 13.2. The molecule has 1 aliphatic heterocycles. The summed E-state index contributed by atoms with van der Waals surface area (Å²) in [4.78, 5) is 12.0. The van der Waals surface area contributed by atoms with E-state index in [1.807, 2.05) is 16.9 Å². The molecule has 2 aromatic carbocycles. The van der Waals surface area contributed by atoms with Gasteiger partial charge in [0.1, 0.15) is 11.6 Å². The van der Waals surface area contributed by atoms with Crippen LogP contribution in [0, 0.1) is 11.6 Å². The van der Waals surface area contributed by atoms with Gasteiger partial charge >= 0.3 is 10.2 Å². The van der Waals surface area contributed by atoms with Gasteiger partial charge in [0.05, 0.1) is 12.1 Å². The number of anilines is 1. The molecule has 0 radical (unpaired) electrons. The number of hydrogen-bond acceptors (Lipinski definition) is 3. The van der Waals surface area contributed by atoms with Gasteiger partial charge in [-0.15, -0.1) is 0 Å². The maximum atomic E-state index is 13.6. The number of carbonyl (C=O) groups excluding carboxylic acids is 1. The van der Waals surface area contributed by atoms with E-state index in [2.05, 4.69) is 0 Å². The van der Waals surface area contributed by atoms with Gasteiger partial charge in [0.2, 0.25) is 5.91 Å². The van der Waals surface area contributed by atoms with Crippen LogP contribution in [-0.4, -0.2) is 20.9 Å². The molecule has 1 heterocycles. The predicted octanol–water partition coefficient (Wildman–Crippen LogP) is 2.32. The Morgan fingerprint density at radius 3 is 2.48 bits per heavy atom. The van der Waals surface area contributed by atoms with Crippen molar-refractivity contribution < 1.29 is 22.0 Å². The lowest BCUT2D eigenvalue weighted by Gasteiger charge is -2.30. The SMILES string of the molecule is O=C(Cc1c(F)cccc1F)NS(=O)(=O)N1CCCc2ccccc21. The topological polar surface area (TPSA) is 66.5 Å². The molecule has 1 aliphatic rings. The smallest absolute Gasteiger partial charge is 0.274 e. The number of hydrogen-bond donors (Lipinski definition) is 1. The molecule has 132 valence electrons. The van der Waals surface area contributed by atoms with Crippen molar-refractivity contribution >= 4 is 21.8 Å². The van der Waals surface area contributed by atoms with E-state index in [1.54, 1.807) is 12.1 Å². The zero-order valence-corrected chi connectivity index (χ0v) is 14.0. The normalized spacial score (nSPS) is 14.1. The van der Waals surface area contributed by atoms with Crippen LogP contribution in [0.2, 0.25) is 0 Å². The average molecular weight is 366 g/mol. The zero-order chi connectivity index (χ0) is 18.0. The van der Waals surface area contributed by atoms with E-state index in [-0.39, 0.29) is 6.54 Å². The van der Waals surface area contributed by atoms with E-state index in [4.69, 9.17) is 0 Å². The highest BCUT2D eigenvalue weighted by Crippen LogP contribution is 2.28. The Hall–Kier alpha value is -2.48. The summed E-state index contributed by atoms with van der Waals surface area (Å²) in [7, 11) is -4.15. The van der Waals surface area contributed by atoms with Crippen LogP contribution < -0.4 is 9.03 Å². The summed E-state index contributed by atoms with van der Waals surface area (Å²) in [5.74, 6) is -2.78. The number of aryl methyl sites for hydroxylation is 1. The Kier molecular flexibility index (Phi) is 4.71. The van der Waals surface area contributed by atoms with E-state index in [9.17, 15) is 22.0 Å². The van der Waals surface area contributed by atoms with Gasteiger partial charge < -0.3 is 0 Å². The molecule has 3 rings (SSSR count). The van der Waals surface area contributed by atoms with E-state index in [0.717, 1.165) is 28.4 Å². The highest BCUT2D eigenvalue weighted by molar-refractivity contribution is 7.91. The second kappa shape index (κ2) is 6.79. The number of halogens is 2. The average Bonchev–Trinajstić information content (AvgIpc) is 2.57. The number of nitrogens with zero attached hydrogens (tertiary/aromatic N) is 1. The van der Waals surface area contributed by atoms with Crippen LogP contribution in [0.5, 0.6) is 0 Å². The molecule has 8 heteroatoms. The second-order valence-electron chi connectivity index (χ2n) is 5.71. The fraction of sp³-hybridized carbons (Fsp3) is 0.235. The van der Waals surface area contributed by atoms with Gasteiger partial charge in [-0.2, -0.15) is 8.42 Å². The number of amides is 1. The Morgan fingerprint density at radius 2 is 1.76 bits per heavy atom. The van der Waals surface area contributed by atoms with Crippen LogP contribution in [0.3, 0.4) is 0 Å². The maximum absolute atomic E-state index is 13.6. The lowest BCUT2D eigenvalue weighted by Crippen LogP contribution is -2.46. The first-order valence-corrected chi connectivity index (χ1v) is 9.16. The van der Waals surface area contributed by atoms with Gasteiger partial charge in [0.15, 0.2) is 0 Å². The monoisotopic (exact) mass is 366 g/mol. The fourth-order valence-corrected chi connectivity index (χ4v) is 4.12. The number of nitrogens with one attached hydrogen (secondary N) is 1. The molecule has 25 heavy (non-hydrogen) atoms. The number of rotatable bonds is 4. The lowest BCUT2D eigenvalue weighted by molar-refractivity contribution is -0.118. The van der Waals surface area contributed by atoms with Crippen molar-refractivity contribution in [1.29, 1.82) is 0 Å². The molecule has 2 aromatic rings. The van der Waals surface area contributed by atoms with Crippen molar-refractivity contribution in [3.63, 3.8) is 0 Å². The number of fused-ring (bicyclic) bond motifs is 1. The van der Waals surface area contributed by atoms with Crippen LogP contribution >= 0.6 is 0 Å². The number of para-hydroxylation sites is 1. The van der Waals surface area contributed by atoms with E-state index < -0.39 is 39.7 Å². The van der Waals surface area contributed by atoms with Crippen molar-refractivity contribution in [2.24, 2.45) is 0 Å². The molecular formula is C17H16F2N2O3S. The van der Waals surface area contributed by atoms with E-state index in [0.29, 0.717) is 12.1 Å². The lowest BCUT2D eigenvalue weighted by atomic mass is 10.0. The molecule has 0 atom stereocenters. The van der Waals surface area contributed by atoms with Crippen molar-refractivity contribution in [3.05, 3.63) is 65.2 Å². The van der Waals surface area contributed by atoms with Crippen molar-refractivity contribution in [2.75, 3.05) is 10.8 Å². The summed E-state index contributed by atoms with van der Waals surface area (Å²) in [5.41, 5.74) is 0.909. The molecule has 1 N–H and O–H groups in total. The third-order valence-corrected chi connectivity index (χ3v) is 5.44. The van der Waals surface area contributed by atoms with Crippen LogP contribution in [0.15, 0.2) is 42.5 Å². The quantitative estimate of drug-likeness (QED) is 0.903.